The number of halogens is 1. The highest BCUT2D eigenvalue weighted by atomic mass is 35.5. The fraction of sp³-hybridized carbons (Fsp3) is 0.455. The Morgan fingerprint density at radius 1 is 1.12 bits per heavy atom. The van der Waals surface area contributed by atoms with Gasteiger partial charge in [-0.1, -0.05) is 6.07 Å². The molecule has 0 saturated carbocycles. The SMILES string of the molecule is CNCCOc1cc(CO)cc(CO)c1.Cl. The zero-order valence-electron chi connectivity index (χ0n) is 9.27. The number of hydrogen-bond acceptors (Lipinski definition) is 4. The Kier molecular flexibility index (Phi) is 7.93. The minimum absolute atomic E-state index is 0. The molecule has 0 aliphatic rings. The average molecular weight is 248 g/mol. The van der Waals surface area contributed by atoms with Crippen LogP contribution in [0.1, 0.15) is 11.1 Å². The van der Waals surface area contributed by atoms with Gasteiger partial charge in [-0.2, -0.15) is 0 Å². The largest absolute Gasteiger partial charge is 0.492 e. The number of rotatable bonds is 6. The monoisotopic (exact) mass is 247 g/mol. The van der Waals surface area contributed by atoms with E-state index < -0.39 is 0 Å². The van der Waals surface area contributed by atoms with Gasteiger partial charge in [0, 0.05) is 6.54 Å². The molecular weight excluding hydrogens is 230 g/mol. The maximum atomic E-state index is 9.00. The average Bonchev–Trinajstić information content (AvgIpc) is 2.29. The molecule has 3 N–H and O–H groups in total. The zero-order valence-corrected chi connectivity index (χ0v) is 10.1. The third-order valence-electron chi connectivity index (χ3n) is 2.01. The van der Waals surface area contributed by atoms with Crippen LogP contribution in [0, 0.1) is 0 Å². The lowest BCUT2D eigenvalue weighted by molar-refractivity contribution is 0.271. The van der Waals surface area contributed by atoms with Gasteiger partial charge in [0.15, 0.2) is 0 Å². The minimum Gasteiger partial charge on any atom is -0.492 e. The molecule has 0 spiro atoms. The Morgan fingerprint density at radius 3 is 2.12 bits per heavy atom. The molecule has 16 heavy (non-hydrogen) atoms. The van der Waals surface area contributed by atoms with Gasteiger partial charge in [0.1, 0.15) is 12.4 Å². The number of nitrogens with one attached hydrogen (secondary N) is 1. The van der Waals surface area contributed by atoms with E-state index in [-0.39, 0.29) is 25.6 Å². The summed E-state index contributed by atoms with van der Waals surface area (Å²) in [5.74, 6) is 0.681. The summed E-state index contributed by atoms with van der Waals surface area (Å²) in [6, 6.07) is 5.30. The number of benzene rings is 1. The van der Waals surface area contributed by atoms with E-state index in [4.69, 9.17) is 14.9 Å². The molecule has 0 atom stereocenters. The van der Waals surface area contributed by atoms with Crippen LogP contribution >= 0.6 is 12.4 Å². The summed E-state index contributed by atoms with van der Waals surface area (Å²) in [5.41, 5.74) is 1.50. The van der Waals surface area contributed by atoms with E-state index in [2.05, 4.69) is 5.32 Å². The van der Waals surface area contributed by atoms with Gasteiger partial charge in [-0.3, -0.25) is 0 Å². The molecule has 4 nitrogen and oxygen atoms in total. The lowest BCUT2D eigenvalue weighted by Crippen LogP contribution is -2.16. The molecule has 0 amide bonds. The van der Waals surface area contributed by atoms with Crippen LogP contribution in [0.4, 0.5) is 0 Å². The Bertz CT molecular complexity index is 285. The van der Waals surface area contributed by atoms with Gasteiger partial charge in [-0.05, 0) is 30.3 Å². The Hall–Kier alpha value is -0.810. The van der Waals surface area contributed by atoms with Crippen LogP contribution in [0.3, 0.4) is 0 Å². The molecule has 5 heteroatoms. The number of hydrogen-bond donors (Lipinski definition) is 3. The maximum Gasteiger partial charge on any atom is 0.120 e. The van der Waals surface area contributed by atoms with Crippen molar-refractivity contribution in [3.05, 3.63) is 29.3 Å². The Balaban J connectivity index is 0.00000225. The third kappa shape index (κ3) is 4.81. The first kappa shape index (κ1) is 15.2. The van der Waals surface area contributed by atoms with E-state index in [1.807, 2.05) is 7.05 Å². The summed E-state index contributed by atoms with van der Waals surface area (Å²) in [4.78, 5) is 0. The molecular formula is C11H18ClNO3. The van der Waals surface area contributed by atoms with Crippen molar-refractivity contribution in [2.75, 3.05) is 20.2 Å². The molecule has 1 aromatic carbocycles. The normalized spacial score (nSPS) is 9.69. The van der Waals surface area contributed by atoms with Crippen molar-refractivity contribution in [1.29, 1.82) is 0 Å². The van der Waals surface area contributed by atoms with Gasteiger partial charge in [0.05, 0.1) is 13.2 Å². The summed E-state index contributed by atoms with van der Waals surface area (Å²) in [5, 5.41) is 21.0. The van der Waals surface area contributed by atoms with E-state index in [0.29, 0.717) is 12.4 Å². The van der Waals surface area contributed by atoms with Gasteiger partial charge in [0.2, 0.25) is 0 Å². The van der Waals surface area contributed by atoms with Gasteiger partial charge in [-0.25, -0.2) is 0 Å². The maximum absolute atomic E-state index is 9.00. The van der Waals surface area contributed by atoms with Crippen molar-refractivity contribution < 1.29 is 14.9 Å². The summed E-state index contributed by atoms with van der Waals surface area (Å²) >= 11 is 0. The Morgan fingerprint density at radius 2 is 1.69 bits per heavy atom. The summed E-state index contributed by atoms with van der Waals surface area (Å²) in [7, 11) is 1.85. The zero-order chi connectivity index (χ0) is 11.1. The fourth-order valence-electron chi connectivity index (χ4n) is 1.27. The molecule has 0 aromatic heterocycles. The molecule has 0 fully saturated rings. The fourth-order valence-corrected chi connectivity index (χ4v) is 1.27. The molecule has 0 heterocycles. The molecule has 1 rings (SSSR count). The predicted octanol–water partition coefficient (Wildman–Crippen LogP) is 0.691. The molecule has 0 bridgehead atoms. The van der Waals surface area contributed by atoms with Crippen molar-refractivity contribution in [3.63, 3.8) is 0 Å². The van der Waals surface area contributed by atoms with Crippen LogP contribution in [0.15, 0.2) is 18.2 Å². The number of ether oxygens (including phenoxy) is 1. The van der Waals surface area contributed by atoms with Gasteiger partial charge < -0.3 is 20.3 Å². The second kappa shape index (κ2) is 8.35. The van der Waals surface area contributed by atoms with Crippen LogP contribution in [0.5, 0.6) is 5.75 Å². The smallest absolute Gasteiger partial charge is 0.120 e. The van der Waals surface area contributed by atoms with Crippen molar-refractivity contribution in [2.24, 2.45) is 0 Å². The van der Waals surface area contributed by atoms with Gasteiger partial charge in [0.25, 0.3) is 0 Å². The number of aliphatic hydroxyl groups is 2. The predicted molar refractivity (Wildman–Crippen MR) is 65.0 cm³/mol. The standard InChI is InChI=1S/C11H17NO3.ClH/c1-12-2-3-15-11-5-9(7-13)4-10(6-11)8-14;/h4-6,12-14H,2-3,7-8H2,1H3;1H. The van der Waals surface area contributed by atoms with E-state index in [9.17, 15) is 0 Å². The van der Waals surface area contributed by atoms with E-state index in [0.717, 1.165) is 17.7 Å². The molecule has 0 saturated heterocycles. The summed E-state index contributed by atoms with van der Waals surface area (Å²) in [6.07, 6.45) is 0. The topological polar surface area (TPSA) is 61.7 Å². The highest BCUT2D eigenvalue weighted by molar-refractivity contribution is 5.85. The van der Waals surface area contributed by atoms with Crippen LogP contribution in [-0.2, 0) is 13.2 Å². The highest BCUT2D eigenvalue weighted by Crippen LogP contribution is 2.17. The quantitative estimate of drug-likeness (QED) is 0.648. The highest BCUT2D eigenvalue weighted by Gasteiger charge is 2.00. The summed E-state index contributed by atoms with van der Waals surface area (Å²) < 4.78 is 5.45. The van der Waals surface area contributed by atoms with Crippen molar-refractivity contribution >= 4 is 12.4 Å². The molecule has 0 aliphatic heterocycles. The lowest BCUT2D eigenvalue weighted by atomic mass is 10.1. The minimum atomic E-state index is -0.0454. The van der Waals surface area contributed by atoms with Crippen molar-refractivity contribution in [3.8, 4) is 5.75 Å². The molecule has 92 valence electrons. The first-order valence-corrected chi connectivity index (χ1v) is 4.92. The number of likely N-dealkylation sites (N-methyl/N-ethyl adjacent to an activating group) is 1. The lowest BCUT2D eigenvalue weighted by Gasteiger charge is -2.09. The second-order valence-electron chi connectivity index (χ2n) is 3.25. The van der Waals surface area contributed by atoms with Crippen molar-refractivity contribution in [2.45, 2.75) is 13.2 Å². The first-order chi connectivity index (χ1) is 7.30. The van der Waals surface area contributed by atoms with Gasteiger partial charge in [-0.15, -0.1) is 12.4 Å². The van der Waals surface area contributed by atoms with Crippen LogP contribution in [0.25, 0.3) is 0 Å². The number of aliphatic hydroxyl groups excluding tert-OH is 2. The molecule has 0 unspecified atom stereocenters. The first-order valence-electron chi connectivity index (χ1n) is 4.92. The molecule has 1 aromatic rings. The third-order valence-corrected chi connectivity index (χ3v) is 2.01. The van der Waals surface area contributed by atoms with Gasteiger partial charge >= 0.3 is 0 Å². The second-order valence-corrected chi connectivity index (χ2v) is 3.25. The van der Waals surface area contributed by atoms with E-state index >= 15 is 0 Å². The van der Waals surface area contributed by atoms with Crippen LogP contribution < -0.4 is 10.1 Å². The van der Waals surface area contributed by atoms with E-state index in [1.165, 1.54) is 0 Å². The molecule has 0 radical (unpaired) electrons. The molecule has 0 aliphatic carbocycles. The Labute approximate surface area is 102 Å². The van der Waals surface area contributed by atoms with Crippen LogP contribution in [0.2, 0.25) is 0 Å². The van der Waals surface area contributed by atoms with Crippen LogP contribution in [-0.4, -0.2) is 30.4 Å². The summed E-state index contributed by atoms with van der Waals surface area (Å²) in [6.45, 7) is 1.24. The van der Waals surface area contributed by atoms with E-state index in [1.54, 1.807) is 18.2 Å². The van der Waals surface area contributed by atoms with Crippen molar-refractivity contribution in [1.82, 2.24) is 5.32 Å².